The number of rotatable bonds is 1. The fourth-order valence-corrected chi connectivity index (χ4v) is 2.09. The second-order valence-electron chi connectivity index (χ2n) is 5.77. The van der Waals surface area contributed by atoms with Crippen molar-refractivity contribution in [2.45, 2.75) is 39.7 Å². The van der Waals surface area contributed by atoms with Crippen molar-refractivity contribution in [1.82, 2.24) is 4.90 Å². The molecule has 0 unspecified atom stereocenters. The van der Waals surface area contributed by atoms with Crippen LogP contribution in [0.1, 0.15) is 34.1 Å². The molecule has 0 saturated carbocycles. The van der Waals surface area contributed by atoms with Crippen molar-refractivity contribution < 1.29 is 14.6 Å². The zero-order valence-electron chi connectivity index (χ0n) is 10.7. The van der Waals surface area contributed by atoms with Gasteiger partial charge in [0.2, 0.25) is 0 Å². The highest BCUT2D eigenvalue weighted by molar-refractivity contribution is 5.68. The lowest BCUT2D eigenvalue weighted by molar-refractivity contribution is 0.00636. The smallest absolute Gasteiger partial charge is 0.410 e. The minimum Gasteiger partial charge on any atom is -0.444 e. The number of likely N-dealkylation sites (tertiary alicyclic amines) is 1. The van der Waals surface area contributed by atoms with Gasteiger partial charge < -0.3 is 14.7 Å². The van der Waals surface area contributed by atoms with Crippen LogP contribution in [-0.4, -0.2) is 41.4 Å². The van der Waals surface area contributed by atoms with Gasteiger partial charge in [-0.2, -0.15) is 0 Å². The van der Waals surface area contributed by atoms with Crippen molar-refractivity contribution in [2.75, 3.05) is 19.7 Å². The molecule has 94 valence electrons. The van der Waals surface area contributed by atoms with Gasteiger partial charge in [0.25, 0.3) is 0 Å². The minimum absolute atomic E-state index is 0.142. The molecule has 16 heavy (non-hydrogen) atoms. The van der Waals surface area contributed by atoms with E-state index in [0.717, 1.165) is 13.0 Å². The molecular weight excluding hydrogens is 206 g/mol. The maximum Gasteiger partial charge on any atom is 0.410 e. The van der Waals surface area contributed by atoms with Gasteiger partial charge in [0.15, 0.2) is 0 Å². The maximum absolute atomic E-state index is 11.8. The molecule has 2 atom stereocenters. The quantitative estimate of drug-likeness (QED) is 0.746. The summed E-state index contributed by atoms with van der Waals surface area (Å²) in [6, 6.07) is 0. The lowest BCUT2D eigenvalue weighted by atomic mass is 9.91. The fraction of sp³-hybridized carbons (Fsp3) is 0.917. The molecule has 0 bridgehead atoms. The number of carbonyl (C=O) groups excluding carboxylic acids is 1. The molecule has 4 nitrogen and oxygen atoms in total. The second kappa shape index (κ2) is 5.04. The van der Waals surface area contributed by atoms with Gasteiger partial charge in [-0.25, -0.2) is 4.79 Å². The van der Waals surface area contributed by atoms with E-state index in [2.05, 4.69) is 6.92 Å². The van der Waals surface area contributed by atoms with Crippen LogP contribution in [0.2, 0.25) is 0 Å². The van der Waals surface area contributed by atoms with Gasteiger partial charge in [-0.3, -0.25) is 0 Å². The summed E-state index contributed by atoms with van der Waals surface area (Å²) in [5, 5.41) is 9.16. The van der Waals surface area contributed by atoms with Crippen LogP contribution < -0.4 is 0 Å². The summed E-state index contributed by atoms with van der Waals surface area (Å²) in [7, 11) is 0. The van der Waals surface area contributed by atoms with E-state index in [0.29, 0.717) is 12.5 Å². The minimum atomic E-state index is -0.452. The molecule has 1 aliphatic heterocycles. The average molecular weight is 229 g/mol. The third kappa shape index (κ3) is 4.00. The molecule has 1 amide bonds. The maximum atomic E-state index is 11.8. The number of nitrogens with zero attached hydrogens (tertiary/aromatic N) is 1. The molecule has 0 aromatic heterocycles. The highest BCUT2D eigenvalue weighted by Gasteiger charge is 2.30. The molecule has 0 spiro atoms. The van der Waals surface area contributed by atoms with Gasteiger partial charge in [-0.15, -0.1) is 0 Å². The Morgan fingerprint density at radius 2 is 2.06 bits per heavy atom. The molecule has 0 aromatic carbocycles. The van der Waals surface area contributed by atoms with Crippen LogP contribution in [-0.2, 0) is 4.74 Å². The summed E-state index contributed by atoms with van der Waals surface area (Å²) in [4.78, 5) is 13.6. The molecule has 1 rings (SSSR count). The van der Waals surface area contributed by atoms with Gasteiger partial charge in [0.1, 0.15) is 5.60 Å². The largest absolute Gasteiger partial charge is 0.444 e. The van der Waals surface area contributed by atoms with Gasteiger partial charge >= 0.3 is 6.09 Å². The van der Waals surface area contributed by atoms with Crippen LogP contribution >= 0.6 is 0 Å². The van der Waals surface area contributed by atoms with E-state index in [9.17, 15) is 4.79 Å². The molecule has 1 saturated heterocycles. The summed E-state index contributed by atoms with van der Waals surface area (Å²) < 4.78 is 5.32. The third-order valence-corrected chi connectivity index (χ3v) is 2.66. The Kier molecular flexibility index (Phi) is 4.19. The van der Waals surface area contributed by atoms with E-state index in [4.69, 9.17) is 9.84 Å². The lowest BCUT2D eigenvalue weighted by Crippen LogP contribution is -2.46. The van der Waals surface area contributed by atoms with Crippen molar-refractivity contribution >= 4 is 6.09 Å². The van der Waals surface area contributed by atoms with Gasteiger partial charge in [0.05, 0.1) is 0 Å². The third-order valence-electron chi connectivity index (χ3n) is 2.66. The Labute approximate surface area is 97.6 Å². The van der Waals surface area contributed by atoms with Crippen molar-refractivity contribution in [2.24, 2.45) is 11.8 Å². The predicted octanol–water partition coefficient (Wildman–Crippen LogP) is 1.87. The number of aliphatic hydroxyl groups excluding tert-OH is 1. The first-order valence-electron chi connectivity index (χ1n) is 5.90. The molecule has 0 aliphatic carbocycles. The summed E-state index contributed by atoms with van der Waals surface area (Å²) in [6.07, 6.45) is 0.716. The fourth-order valence-electron chi connectivity index (χ4n) is 2.09. The van der Waals surface area contributed by atoms with E-state index in [1.165, 1.54) is 0 Å². The first kappa shape index (κ1) is 13.3. The molecule has 0 aromatic rings. The Morgan fingerprint density at radius 1 is 1.44 bits per heavy atom. The van der Waals surface area contributed by atoms with Gasteiger partial charge in [-0.05, 0) is 33.1 Å². The van der Waals surface area contributed by atoms with Crippen LogP contribution in [0.5, 0.6) is 0 Å². The molecule has 1 heterocycles. The van der Waals surface area contributed by atoms with Crippen LogP contribution in [0.3, 0.4) is 0 Å². The Balaban J connectivity index is 2.55. The Hall–Kier alpha value is -0.770. The summed E-state index contributed by atoms with van der Waals surface area (Å²) in [5.74, 6) is 0.620. The molecule has 1 N–H and O–H groups in total. The van der Waals surface area contributed by atoms with Crippen LogP contribution in [0.15, 0.2) is 0 Å². The Bertz CT molecular complexity index is 247. The van der Waals surface area contributed by atoms with Crippen molar-refractivity contribution in [3.8, 4) is 0 Å². The zero-order chi connectivity index (χ0) is 12.3. The van der Waals surface area contributed by atoms with E-state index in [-0.39, 0.29) is 18.6 Å². The standard InChI is InChI=1S/C12H23NO3/c1-9-5-10(8-14)7-13(6-9)11(15)16-12(2,3)4/h9-10,14H,5-8H2,1-4H3/t9-,10+/m0/s1. The van der Waals surface area contributed by atoms with Crippen LogP contribution in [0.4, 0.5) is 4.79 Å². The van der Waals surface area contributed by atoms with Crippen LogP contribution in [0.25, 0.3) is 0 Å². The number of ether oxygens (including phenoxy) is 1. The lowest BCUT2D eigenvalue weighted by Gasteiger charge is -2.36. The molecule has 4 heteroatoms. The zero-order valence-corrected chi connectivity index (χ0v) is 10.7. The number of hydrogen-bond acceptors (Lipinski definition) is 3. The van der Waals surface area contributed by atoms with Gasteiger partial charge in [-0.1, -0.05) is 6.92 Å². The SMILES string of the molecule is C[C@H]1C[C@@H](CO)CN(C(=O)OC(C)(C)C)C1. The second-order valence-corrected chi connectivity index (χ2v) is 5.77. The first-order valence-corrected chi connectivity index (χ1v) is 5.90. The predicted molar refractivity (Wildman–Crippen MR) is 62.2 cm³/mol. The number of carbonyl (C=O) groups is 1. The molecule has 1 fully saturated rings. The molecule has 1 aliphatic rings. The number of amides is 1. The van der Waals surface area contributed by atoms with Gasteiger partial charge in [0, 0.05) is 25.6 Å². The normalized spacial score (nSPS) is 26.7. The van der Waals surface area contributed by atoms with E-state index < -0.39 is 5.60 Å². The number of aliphatic hydroxyl groups is 1. The monoisotopic (exact) mass is 229 g/mol. The number of piperidine rings is 1. The van der Waals surface area contributed by atoms with Crippen LogP contribution in [0, 0.1) is 11.8 Å². The number of hydrogen-bond donors (Lipinski definition) is 1. The summed E-state index contributed by atoms with van der Waals surface area (Å²) in [5.41, 5.74) is -0.452. The van der Waals surface area contributed by atoms with E-state index in [1.54, 1.807) is 4.90 Å². The topological polar surface area (TPSA) is 49.8 Å². The van der Waals surface area contributed by atoms with Crippen molar-refractivity contribution in [1.29, 1.82) is 0 Å². The summed E-state index contributed by atoms with van der Waals surface area (Å²) in [6.45, 7) is 9.16. The first-order chi connectivity index (χ1) is 7.31. The van der Waals surface area contributed by atoms with E-state index >= 15 is 0 Å². The Morgan fingerprint density at radius 3 is 2.56 bits per heavy atom. The highest BCUT2D eigenvalue weighted by Crippen LogP contribution is 2.22. The molecule has 0 radical (unpaired) electrons. The van der Waals surface area contributed by atoms with Crippen molar-refractivity contribution in [3.05, 3.63) is 0 Å². The van der Waals surface area contributed by atoms with Crippen molar-refractivity contribution in [3.63, 3.8) is 0 Å². The van der Waals surface area contributed by atoms with E-state index in [1.807, 2.05) is 20.8 Å². The average Bonchev–Trinajstić information content (AvgIpc) is 2.14. The highest BCUT2D eigenvalue weighted by atomic mass is 16.6. The molecular formula is C12H23NO3. The summed E-state index contributed by atoms with van der Waals surface area (Å²) >= 11 is 0.